The molecule has 0 unspecified atom stereocenters. The van der Waals surface area contributed by atoms with Crippen molar-refractivity contribution in [3.05, 3.63) is 59.7 Å². The van der Waals surface area contributed by atoms with Crippen LogP contribution in [0.4, 0.5) is 25.1 Å². The zero-order valence-corrected chi connectivity index (χ0v) is 21.7. The minimum atomic E-state index is -1.11. The quantitative estimate of drug-likeness (QED) is 0.454. The minimum absolute atomic E-state index is 0.0596. The Morgan fingerprint density at radius 3 is 2.56 bits per heavy atom. The first-order chi connectivity index (χ1) is 18.5. The molecule has 2 aromatic carbocycles. The van der Waals surface area contributed by atoms with E-state index in [2.05, 4.69) is 15.1 Å². The number of aromatic nitrogens is 2. The van der Waals surface area contributed by atoms with E-state index in [4.69, 9.17) is 9.47 Å². The number of carbonyl (C=O) groups is 2. The molecule has 1 aromatic heterocycles. The Kier molecular flexibility index (Phi) is 6.83. The van der Waals surface area contributed by atoms with Crippen molar-refractivity contribution in [1.29, 1.82) is 0 Å². The molecule has 11 heteroatoms. The van der Waals surface area contributed by atoms with Crippen molar-refractivity contribution < 1.29 is 33.0 Å². The number of halogens is 2. The van der Waals surface area contributed by atoms with Crippen molar-refractivity contribution in [2.45, 2.75) is 38.8 Å². The molecule has 0 saturated carbocycles. The third-order valence-corrected chi connectivity index (χ3v) is 6.63. The minimum Gasteiger partial charge on any atom is -0.504 e. The summed E-state index contributed by atoms with van der Waals surface area (Å²) in [6.45, 7) is 6.58. The number of hydrogen-bond donors (Lipinski definition) is 1. The number of carbonyl (C=O) groups excluding carboxylic acids is 2. The maximum atomic E-state index is 14.1. The number of rotatable bonds is 5. The highest BCUT2D eigenvalue weighted by Crippen LogP contribution is 2.43. The SMILES string of the molecule is CC(C)(C)OC(=O)N1C[C@H]2C[C@@H](COc3ccc(C=O)cc3)CN2c2cc(-c3cc(F)cc(F)c3O)nnc21. The summed E-state index contributed by atoms with van der Waals surface area (Å²) in [5.41, 5.74) is 0.262. The maximum Gasteiger partial charge on any atom is 0.416 e. The zero-order chi connectivity index (χ0) is 27.9. The Labute approximate surface area is 224 Å². The molecule has 204 valence electrons. The van der Waals surface area contributed by atoms with Crippen molar-refractivity contribution in [3.8, 4) is 22.8 Å². The number of aromatic hydroxyl groups is 1. The summed E-state index contributed by atoms with van der Waals surface area (Å²) >= 11 is 0. The molecule has 0 spiro atoms. The monoisotopic (exact) mass is 538 g/mol. The zero-order valence-electron chi connectivity index (χ0n) is 21.7. The molecule has 9 nitrogen and oxygen atoms in total. The topological polar surface area (TPSA) is 105 Å². The van der Waals surface area contributed by atoms with Crippen LogP contribution in [0.15, 0.2) is 42.5 Å². The normalized spacial score (nSPS) is 18.4. The van der Waals surface area contributed by atoms with E-state index >= 15 is 0 Å². The number of aldehydes is 1. The predicted molar refractivity (Wildman–Crippen MR) is 139 cm³/mol. The Bertz CT molecular complexity index is 1410. The van der Waals surface area contributed by atoms with Crippen LogP contribution >= 0.6 is 0 Å². The van der Waals surface area contributed by atoms with Crippen LogP contribution in [-0.2, 0) is 4.74 Å². The second-order valence-corrected chi connectivity index (χ2v) is 10.7. The van der Waals surface area contributed by atoms with E-state index in [0.717, 1.165) is 12.4 Å². The highest BCUT2D eigenvalue weighted by atomic mass is 19.1. The van der Waals surface area contributed by atoms with Crippen LogP contribution in [0, 0.1) is 17.6 Å². The summed E-state index contributed by atoms with van der Waals surface area (Å²) in [6.07, 6.45) is 0.879. The van der Waals surface area contributed by atoms with Crippen LogP contribution in [-0.4, -0.2) is 59.0 Å². The number of hydrogen-bond acceptors (Lipinski definition) is 8. The molecule has 1 N–H and O–H groups in total. The molecule has 3 aromatic rings. The average molecular weight is 539 g/mol. The third-order valence-electron chi connectivity index (χ3n) is 6.63. The fourth-order valence-corrected chi connectivity index (χ4v) is 4.91. The highest BCUT2D eigenvalue weighted by Gasteiger charge is 2.43. The molecule has 1 fully saturated rings. The van der Waals surface area contributed by atoms with Crippen LogP contribution in [0.5, 0.6) is 11.5 Å². The Hall–Kier alpha value is -4.28. The van der Waals surface area contributed by atoms with Crippen molar-refractivity contribution in [2.75, 3.05) is 29.5 Å². The molecule has 2 atom stereocenters. The average Bonchev–Trinajstić information content (AvgIpc) is 3.31. The molecule has 39 heavy (non-hydrogen) atoms. The van der Waals surface area contributed by atoms with Gasteiger partial charge < -0.3 is 19.5 Å². The summed E-state index contributed by atoms with van der Waals surface area (Å²) in [5, 5.41) is 18.6. The summed E-state index contributed by atoms with van der Waals surface area (Å²) < 4.78 is 39.6. The lowest BCUT2D eigenvalue weighted by molar-refractivity contribution is 0.0574. The molecular formula is C28H28F2N4O5. The first-order valence-electron chi connectivity index (χ1n) is 12.5. The van der Waals surface area contributed by atoms with Gasteiger partial charge in [-0.1, -0.05) is 0 Å². The Balaban J connectivity index is 1.45. The van der Waals surface area contributed by atoms with E-state index < -0.39 is 29.1 Å². The van der Waals surface area contributed by atoms with Gasteiger partial charge in [0.15, 0.2) is 17.4 Å². The highest BCUT2D eigenvalue weighted by molar-refractivity contribution is 5.93. The number of benzene rings is 2. The first-order valence-corrected chi connectivity index (χ1v) is 12.5. The first kappa shape index (κ1) is 26.3. The van der Waals surface area contributed by atoms with Crippen LogP contribution in [0.2, 0.25) is 0 Å². The van der Waals surface area contributed by atoms with Gasteiger partial charge in [0.05, 0.1) is 24.5 Å². The summed E-state index contributed by atoms with van der Waals surface area (Å²) in [5.74, 6) is -1.74. The second kappa shape index (κ2) is 10.1. The van der Waals surface area contributed by atoms with Gasteiger partial charge in [-0.3, -0.25) is 9.69 Å². The van der Waals surface area contributed by atoms with Crippen molar-refractivity contribution in [2.24, 2.45) is 5.92 Å². The molecule has 0 bridgehead atoms. The van der Waals surface area contributed by atoms with Crippen LogP contribution in [0.3, 0.4) is 0 Å². The largest absolute Gasteiger partial charge is 0.504 e. The van der Waals surface area contributed by atoms with Crippen molar-refractivity contribution in [1.82, 2.24) is 10.2 Å². The van der Waals surface area contributed by atoms with Gasteiger partial charge in [-0.25, -0.2) is 13.6 Å². The number of amides is 1. The number of phenols is 1. The predicted octanol–water partition coefficient (Wildman–Crippen LogP) is 4.97. The van der Waals surface area contributed by atoms with Gasteiger partial charge in [0.2, 0.25) is 0 Å². The molecule has 1 saturated heterocycles. The maximum absolute atomic E-state index is 14.1. The smallest absolute Gasteiger partial charge is 0.416 e. The number of ether oxygens (including phenoxy) is 2. The molecule has 3 heterocycles. The van der Waals surface area contributed by atoms with Gasteiger partial charge in [0, 0.05) is 35.7 Å². The van der Waals surface area contributed by atoms with Gasteiger partial charge in [0.25, 0.3) is 0 Å². The van der Waals surface area contributed by atoms with Gasteiger partial charge in [0.1, 0.15) is 23.5 Å². The Morgan fingerprint density at radius 2 is 1.87 bits per heavy atom. The van der Waals surface area contributed by atoms with E-state index in [1.54, 1.807) is 51.1 Å². The lowest BCUT2D eigenvalue weighted by Crippen LogP contribution is -2.50. The van der Waals surface area contributed by atoms with Crippen molar-refractivity contribution in [3.63, 3.8) is 0 Å². The van der Waals surface area contributed by atoms with Crippen LogP contribution < -0.4 is 14.5 Å². The van der Waals surface area contributed by atoms with Gasteiger partial charge >= 0.3 is 6.09 Å². The van der Waals surface area contributed by atoms with E-state index in [9.17, 15) is 23.5 Å². The lowest BCUT2D eigenvalue weighted by atomic mass is 10.0. The lowest BCUT2D eigenvalue weighted by Gasteiger charge is -2.39. The number of phenolic OH excluding ortho intramolecular Hbond substituents is 1. The molecular weight excluding hydrogens is 510 g/mol. The van der Waals surface area contributed by atoms with Crippen LogP contribution in [0.1, 0.15) is 37.6 Å². The van der Waals surface area contributed by atoms with E-state index in [1.807, 2.05) is 0 Å². The molecule has 1 amide bonds. The Morgan fingerprint density at radius 1 is 1.13 bits per heavy atom. The van der Waals surface area contributed by atoms with Crippen LogP contribution in [0.25, 0.3) is 11.3 Å². The van der Waals surface area contributed by atoms with E-state index in [1.165, 1.54) is 4.90 Å². The van der Waals surface area contributed by atoms with Gasteiger partial charge in [-0.2, -0.15) is 0 Å². The van der Waals surface area contributed by atoms with Gasteiger partial charge in [-0.05, 0) is 63.6 Å². The molecule has 0 aliphatic carbocycles. The van der Waals surface area contributed by atoms with E-state index in [0.29, 0.717) is 49.2 Å². The summed E-state index contributed by atoms with van der Waals surface area (Å²) in [7, 11) is 0. The summed E-state index contributed by atoms with van der Waals surface area (Å²) in [4.78, 5) is 27.5. The van der Waals surface area contributed by atoms with E-state index in [-0.39, 0.29) is 29.0 Å². The summed E-state index contributed by atoms with van der Waals surface area (Å²) in [6, 6.07) is 9.86. The second-order valence-electron chi connectivity index (χ2n) is 10.7. The number of anilines is 2. The van der Waals surface area contributed by atoms with Crippen molar-refractivity contribution >= 4 is 23.9 Å². The molecule has 2 aliphatic heterocycles. The number of nitrogens with zero attached hydrogens (tertiary/aromatic N) is 4. The van der Waals surface area contributed by atoms with Gasteiger partial charge in [-0.15, -0.1) is 10.2 Å². The molecule has 2 aliphatic rings. The molecule has 0 radical (unpaired) electrons. The number of fused-ring (bicyclic) bond motifs is 3. The fraction of sp³-hybridized carbons (Fsp3) is 0.357. The third kappa shape index (κ3) is 5.47. The fourth-order valence-electron chi connectivity index (χ4n) is 4.91. The molecule has 5 rings (SSSR count). The standard InChI is InChI=1S/C28H28F2N4O5/c1-28(2,3)39-27(37)34-13-19-8-17(15-38-20-6-4-16(14-35)5-7-20)12-33(19)24-11-23(31-32-26(24)34)21-9-18(29)10-22(30)25(21)36/h4-7,9-11,14,17,19,36H,8,12-13,15H2,1-3H3/t17-,19-/m1/s1.